The molecule has 1 aliphatic heterocycles. The third-order valence-electron chi connectivity index (χ3n) is 9.53. The van der Waals surface area contributed by atoms with Crippen LogP contribution in [0.15, 0.2) is 60.8 Å². The molecule has 2 aliphatic carbocycles. The number of para-hydroxylation sites is 1. The van der Waals surface area contributed by atoms with Crippen LogP contribution in [0.5, 0.6) is 5.75 Å². The van der Waals surface area contributed by atoms with Gasteiger partial charge in [-0.15, -0.1) is 0 Å². The van der Waals surface area contributed by atoms with Gasteiger partial charge in [-0.2, -0.15) is 0 Å². The Hall–Kier alpha value is -4.37. The number of aromatic nitrogens is 4. The number of methoxy groups -OCH3 is 1. The maximum atomic E-state index is 13.7. The van der Waals surface area contributed by atoms with Crippen LogP contribution < -0.4 is 15.8 Å². The Morgan fingerprint density at radius 1 is 1.07 bits per heavy atom. The van der Waals surface area contributed by atoms with Gasteiger partial charge in [-0.25, -0.2) is 9.97 Å². The molecule has 214 valence electrons. The van der Waals surface area contributed by atoms with E-state index in [0.29, 0.717) is 23.1 Å². The van der Waals surface area contributed by atoms with Crippen molar-refractivity contribution in [1.82, 2.24) is 24.0 Å². The van der Waals surface area contributed by atoms with Crippen molar-refractivity contribution in [2.45, 2.75) is 44.3 Å². The van der Waals surface area contributed by atoms with Crippen molar-refractivity contribution in [3.05, 3.63) is 66.4 Å². The van der Waals surface area contributed by atoms with Gasteiger partial charge in [0, 0.05) is 49.4 Å². The number of anilines is 2. The number of hydrogen-bond acceptors (Lipinski definition) is 6. The van der Waals surface area contributed by atoms with E-state index >= 15 is 0 Å². The Kier molecular flexibility index (Phi) is 5.79. The van der Waals surface area contributed by atoms with E-state index in [1.54, 1.807) is 13.3 Å². The van der Waals surface area contributed by atoms with E-state index in [1.165, 1.54) is 12.8 Å². The zero-order valence-corrected chi connectivity index (χ0v) is 24.0. The van der Waals surface area contributed by atoms with E-state index in [2.05, 4.69) is 43.7 Å². The zero-order valence-electron chi connectivity index (χ0n) is 24.0. The Bertz CT molecular complexity index is 1840. The quantitative estimate of drug-likeness (QED) is 0.279. The molecule has 8 rings (SSSR count). The van der Waals surface area contributed by atoms with Gasteiger partial charge in [0.2, 0.25) is 0 Å². The molecular formula is C33H35N7O2. The van der Waals surface area contributed by atoms with Crippen molar-refractivity contribution in [3.63, 3.8) is 0 Å². The number of carbonyl (C=O) groups is 1. The number of fused-ring (bicyclic) bond motifs is 4. The summed E-state index contributed by atoms with van der Waals surface area (Å²) in [6, 6.07) is 18.4. The maximum Gasteiger partial charge on any atom is 0.254 e. The van der Waals surface area contributed by atoms with E-state index in [9.17, 15) is 4.79 Å². The molecule has 2 saturated carbocycles. The smallest absolute Gasteiger partial charge is 0.254 e. The van der Waals surface area contributed by atoms with Crippen molar-refractivity contribution in [2.24, 2.45) is 24.6 Å². The minimum atomic E-state index is 0.0122. The second kappa shape index (κ2) is 9.59. The minimum Gasteiger partial charge on any atom is -0.494 e. The molecule has 2 aromatic carbocycles. The maximum absolute atomic E-state index is 13.7. The van der Waals surface area contributed by atoms with Crippen molar-refractivity contribution in [3.8, 4) is 17.3 Å². The molecule has 0 spiro atoms. The van der Waals surface area contributed by atoms with E-state index in [0.717, 1.165) is 70.9 Å². The van der Waals surface area contributed by atoms with Crippen LogP contribution in [-0.4, -0.2) is 55.6 Å². The predicted octanol–water partition coefficient (Wildman–Crippen LogP) is 5.31. The normalized spacial score (nSPS) is 21.5. The zero-order chi connectivity index (χ0) is 28.5. The predicted molar refractivity (Wildman–Crippen MR) is 164 cm³/mol. The van der Waals surface area contributed by atoms with E-state index in [1.807, 2.05) is 42.3 Å². The molecule has 5 aromatic rings. The lowest BCUT2D eigenvalue weighted by molar-refractivity contribution is 0.0700. The molecule has 42 heavy (non-hydrogen) atoms. The molecule has 3 fully saturated rings. The first-order valence-corrected chi connectivity index (χ1v) is 14.9. The number of nitrogens with one attached hydrogen (secondary N) is 1. The van der Waals surface area contributed by atoms with Crippen LogP contribution in [0.25, 0.3) is 33.5 Å². The number of imidazole rings is 1. The number of hydrogen-bond donors (Lipinski definition) is 2. The number of benzene rings is 2. The highest BCUT2D eigenvalue weighted by molar-refractivity contribution is 6.01. The lowest BCUT2D eigenvalue weighted by atomic mass is 10.1. The molecule has 3 aliphatic rings. The molecule has 9 heteroatoms. The van der Waals surface area contributed by atoms with Gasteiger partial charge >= 0.3 is 0 Å². The van der Waals surface area contributed by atoms with Crippen molar-refractivity contribution in [1.29, 1.82) is 0 Å². The van der Waals surface area contributed by atoms with Gasteiger partial charge in [-0.05, 0) is 73.9 Å². The first-order chi connectivity index (χ1) is 20.5. The van der Waals surface area contributed by atoms with Crippen LogP contribution in [0, 0.1) is 11.8 Å². The molecule has 3 N–H and O–H groups in total. The molecule has 0 radical (unpaired) electrons. The number of carbonyl (C=O) groups excluding carboxylic acids is 1. The third-order valence-corrected chi connectivity index (χ3v) is 9.53. The number of aryl methyl sites for hydroxylation is 1. The van der Waals surface area contributed by atoms with Gasteiger partial charge in [-0.3, -0.25) is 4.79 Å². The Morgan fingerprint density at radius 2 is 1.95 bits per heavy atom. The first kappa shape index (κ1) is 25.3. The average Bonchev–Trinajstić information content (AvgIpc) is 3.39. The summed E-state index contributed by atoms with van der Waals surface area (Å²) in [6.07, 6.45) is 6.35. The van der Waals surface area contributed by atoms with Crippen LogP contribution in [0.2, 0.25) is 0 Å². The minimum absolute atomic E-state index is 0.0122. The second-order valence-electron chi connectivity index (χ2n) is 12.1. The molecule has 1 saturated heterocycles. The molecule has 3 aromatic heterocycles. The number of rotatable bonds is 7. The highest BCUT2D eigenvalue weighted by atomic mass is 16.5. The number of nitrogens with zero attached hydrogens (tertiary/aromatic N) is 5. The fraction of sp³-hybridized carbons (Fsp3) is 0.364. The van der Waals surface area contributed by atoms with Gasteiger partial charge in [0.25, 0.3) is 5.91 Å². The average molecular weight is 562 g/mol. The fourth-order valence-electron chi connectivity index (χ4n) is 7.20. The highest BCUT2D eigenvalue weighted by Crippen LogP contribution is 2.41. The molecule has 4 heterocycles. The summed E-state index contributed by atoms with van der Waals surface area (Å²) < 4.78 is 10.4. The molecule has 3 atom stereocenters. The first-order valence-electron chi connectivity index (χ1n) is 14.9. The Labute approximate surface area is 244 Å². The number of amides is 1. The summed E-state index contributed by atoms with van der Waals surface area (Å²) in [7, 11) is 3.68. The van der Waals surface area contributed by atoms with Crippen LogP contribution in [0.3, 0.4) is 0 Å². The Balaban J connectivity index is 1.25. The topological polar surface area (TPSA) is 103 Å². The summed E-state index contributed by atoms with van der Waals surface area (Å²) in [5.41, 5.74) is 11.8. The van der Waals surface area contributed by atoms with Crippen LogP contribution in [0.1, 0.15) is 36.0 Å². The number of pyridine rings is 1. The third kappa shape index (κ3) is 3.98. The molecule has 9 nitrogen and oxygen atoms in total. The standard InChI is InChI=1S/C33H35N7O2/c1-38-31-24(14-22(16-27(31)42-2)33(41)40-18-21-11-12-25(40)29(21)34)37-32(38)26-15-20-6-5-7-23(36-28-8-3-4-13-35-28)30(20)39(26)17-19-9-10-19/h3-8,13-16,19,21,25,29H,9-12,17-18,34H2,1-2H3,(H,35,36). The summed E-state index contributed by atoms with van der Waals surface area (Å²) in [5, 5.41) is 4.68. The summed E-state index contributed by atoms with van der Waals surface area (Å²) in [6.45, 7) is 1.65. The van der Waals surface area contributed by atoms with Crippen LogP contribution in [-0.2, 0) is 13.6 Å². The number of nitrogens with two attached hydrogens (primary N) is 1. The van der Waals surface area contributed by atoms with Gasteiger partial charge in [0.15, 0.2) is 5.82 Å². The van der Waals surface area contributed by atoms with Gasteiger partial charge < -0.3 is 29.8 Å². The summed E-state index contributed by atoms with van der Waals surface area (Å²) >= 11 is 0. The lowest BCUT2D eigenvalue weighted by Gasteiger charge is -2.27. The monoisotopic (exact) mass is 561 g/mol. The van der Waals surface area contributed by atoms with E-state index in [-0.39, 0.29) is 18.0 Å². The number of piperidine rings is 1. The van der Waals surface area contributed by atoms with Crippen molar-refractivity contribution >= 4 is 39.3 Å². The number of ether oxygens (including phenoxy) is 1. The van der Waals surface area contributed by atoms with Gasteiger partial charge in [0.1, 0.15) is 17.1 Å². The molecule has 3 unspecified atom stereocenters. The molecule has 1 amide bonds. The highest BCUT2D eigenvalue weighted by Gasteiger charge is 2.47. The van der Waals surface area contributed by atoms with Crippen molar-refractivity contribution < 1.29 is 9.53 Å². The van der Waals surface area contributed by atoms with Gasteiger partial charge in [0.05, 0.1) is 29.5 Å². The van der Waals surface area contributed by atoms with Gasteiger partial charge in [-0.1, -0.05) is 18.2 Å². The van der Waals surface area contributed by atoms with E-state index < -0.39 is 0 Å². The lowest BCUT2D eigenvalue weighted by Crippen LogP contribution is -2.41. The van der Waals surface area contributed by atoms with Crippen LogP contribution >= 0.6 is 0 Å². The number of likely N-dealkylation sites (tertiary alicyclic amines) is 1. The second-order valence-corrected chi connectivity index (χ2v) is 12.1. The summed E-state index contributed by atoms with van der Waals surface area (Å²) in [4.78, 5) is 25.3. The largest absolute Gasteiger partial charge is 0.494 e. The SMILES string of the molecule is COc1cc(C(=O)N2CC3CCC2C3N)cc2nc(-c3cc4cccc(Nc5ccccn5)c4n3CC3CC3)n(C)c12. The summed E-state index contributed by atoms with van der Waals surface area (Å²) in [5.74, 6) is 3.36. The molecule has 2 bridgehead atoms. The fourth-order valence-corrected chi connectivity index (χ4v) is 7.20. The van der Waals surface area contributed by atoms with E-state index in [4.69, 9.17) is 15.5 Å². The Morgan fingerprint density at radius 3 is 2.67 bits per heavy atom. The van der Waals surface area contributed by atoms with Crippen LogP contribution in [0.4, 0.5) is 11.5 Å². The van der Waals surface area contributed by atoms with Crippen molar-refractivity contribution in [2.75, 3.05) is 19.0 Å². The molecular weight excluding hydrogens is 526 g/mol.